The Bertz CT molecular complexity index is 1270. The molecule has 0 atom stereocenters. The van der Waals surface area contributed by atoms with Crippen molar-refractivity contribution in [1.29, 1.82) is 0 Å². The molecule has 0 aliphatic carbocycles. The number of benzene rings is 3. The molecule has 1 heterocycles. The van der Waals surface area contributed by atoms with Crippen LogP contribution in [-0.4, -0.2) is 17.0 Å². The van der Waals surface area contributed by atoms with Crippen LogP contribution in [0.1, 0.15) is 5.69 Å². The summed E-state index contributed by atoms with van der Waals surface area (Å²) in [6.45, 7) is 1.91. The van der Waals surface area contributed by atoms with E-state index in [2.05, 4.69) is 4.98 Å². The molecule has 0 amide bonds. The molecule has 150 valence electrons. The Hall–Kier alpha value is -3.15. The fourth-order valence-corrected chi connectivity index (χ4v) is 4.08. The number of aryl methyl sites for hydroxylation is 1. The lowest BCUT2D eigenvalue weighted by Gasteiger charge is -2.13. The molecule has 4 aromatic rings. The summed E-state index contributed by atoms with van der Waals surface area (Å²) in [7, 11) is 1.56. The second-order valence-corrected chi connectivity index (χ2v) is 7.56. The van der Waals surface area contributed by atoms with Crippen molar-refractivity contribution in [2.24, 2.45) is 0 Å². The number of methoxy groups -OCH3 is 1. The Morgan fingerprint density at radius 1 is 0.933 bits per heavy atom. The fourth-order valence-electron chi connectivity index (χ4n) is 3.44. The van der Waals surface area contributed by atoms with E-state index < -0.39 is 4.92 Å². The van der Waals surface area contributed by atoms with E-state index in [0.717, 1.165) is 33.3 Å². The van der Waals surface area contributed by atoms with Gasteiger partial charge in [0.25, 0.3) is 5.69 Å². The molecule has 0 fully saturated rings. The van der Waals surface area contributed by atoms with E-state index in [9.17, 15) is 10.1 Å². The normalized spacial score (nSPS) is 10.9. The molecule has 0 saturated heterocycles. The van der Waals surface area contributed by atoms with Crippen molar-refractivity contribution in [1.82, 2.24) is 4.98 Å². The summed E-state index contributed by atoms with van der Waals surface area (Å²) >= 11 is 13.0. The Labute approximate surface area is 183 Å². The number of halogens is 2. The number of non-ortho nitro benzene ring substituents is 1. The minimum Gasteiger partial charge on any atom is -0.495 e. The van der Waals surface area contributed by atoms with Gasteiger partial charge in [0.05, 0.1) is 27.6 Å². The van der Waals surface area contributed by atoms with Crippen LogP contribution in [0.5, 0.6) is 5.75 Å². The van der Waals surface area contributed by atoms with Gasteiger partial charge >= 0.3 is 0 Å². The molecule has 0 aliphatic heterocycles. The monoisotopic (exact) mass is 438 g/mol. The van der Waals surface area contributed by atoms with Gasteiger partial charge in [-0.15, -0.1) is 0 Å². The number of nitrogens with zero attached hydrogens (tertiary/aromatic N) is 2. The molecule has 0 bridgehead atoms. The fraction of sp³-hybridized carbons (Fsp3) is 0.0870. The summed E-state index contributed by atoms with van der Waals surface area (Å²) in [5, 5.41) is 12.6. The van der Waals surface area contributed by atoms with Crippen LogP contribution in [0.25, 0.3) is 33.2 Å². The molecule has 0 radical (unpaired) electrons. The SMILES string of the molecule is COc1cc2nc(C)c(-c3ccc(-c4ccc([N+](=O)[O-])cc4)cc3)c(Cl)c2cc1Cl. The standard InChI is InChI=1S/C23H16Cl2N2O3/c1-13-22(23(25)18-11-19(24)21(30-2)12-20(18)26-13)16-5-3-14(4-6-16)15-7-9-17(10-8-15)27(28)29/h3-12H,1-2H3. The number of nitro benzene ring substituents is 1. The lowest BCUT2D eigenvalue weighted by molar-refractivity contribution is -0.384. The van der Waals surface area contributed by atoms with Gasteiger partial charge in [-0.2, -0.15) is 0 Å². The Balaban J connectivity index is 1.76. The number of hydrogen-bond donors (Lipinski definition) is 0. The summed E-state index contributed by atoms with van der Waals surface area (Å²) in [5.41, 5.74) is 5.17. The lowest BCUT2D eigenvalue weighted by Crippen LogP contribution is -1.94. The second-order valence-electron chi connectivity index (χ2n) is 6.77. The molecule has 4 rings (SSSR count). The maximum atomic E-state index is 10.8. The molecular weight excluding hydrogens is 423 g/mol. The van der Waals surface area contributed by atoms with Crippen LogP contribution in [0.3, 0.4) is 0 Å². The average molecular weight is 439 g/mol. The molecular formula is C23H16Cl2N2O3. The third-order valence-corrected chi connectivity index (χ3v) is 5.65. The molecule has 7 heteroatoms. The number of fused-ring (bicyclic) bond motifs is 1. The zero-order chi connectivity index (χ0) is 21.4. The van der Waals surface area contributed by atoms with E-state index in [1.165, 1.54) is 12.1 Å². The summed E-state index contributed by atoms with van der Waals surface area (Å²) in [5.74, 6) is 0.548. The van der Waals surface area contributed by atoms with Gasteiger partial charge in [0.1, 0.15) is 5.75 Å². The summed E-state index contributed by atoms with van der Waals surface area (Å²) in [6.07, 6.45) is 0. The summed E-state index contributed by atoms with van der Waals surface area (Å²) in [4.78, 5) is 15.1. The first kappa shape index (κ1) is 20.1. The zero-order valence-electron chi connectivity index (χ0n) is 16.1. The van der Waals surface area contributed by atoms with Crippen molar-refractivity contribution in [3.63, 3.8) is 0 Å². The van der Waals surface area contributed by atoms with E-state index in [-0.39, 0.29) is 5.69 Å². The zero-order valence-corrected chi connectivity index (χ0v) is 17.7. The Morgan fingerprint density at radius 3 is 2.07 bits per heavy atom. The van der Waals surface area contributed by atoms with Crippen LogP contribution in [0.15, 0.2) is 60.7 Å². The van der Waals surface area contributed by atoms with Gasteiger partial charge in [-0.1, -0.05) is 47.5 Å². The number of pyridine rings is 1. The van der Waals surface area contributed by atoms with Crippen molar-refractivity contribution < 1.29 is 9.66 Å². The quantitative estimate of drug-likeness (QED) is 0.251. The highest BCUT2D eigenvalue weighted by atomic mass is 35.5. The largest absolute Gasteiger partial charge is 0.495 e. The molecule has 1 aromatic heterocycles. The van der Waals surface area contributed by atoms with Crippen LogP contribution < -0.4 is 4.74 Å². The van der Waals surface area contributed by atoms with Gasteiger partial charge in [0.15, 0.2) is 0 Å². The van der Waals surface area contributed by atoms with Gasteiger partial charge in [0.2, 0.25) is 0 Å². The van der Waals surface area contributed by atoms with Crippen LogP contribution in [0.4, 0.5) is 5.69 Å². The van der Waals surface area contributed by atoms with Crippen LogP contribution in [-0.2, 0) is 0 Å². The minimum absolute atomic E-state index is 0.0651. The van der Waals surface area contributed by atoms with E-state index >= 15 is 0 Å². The third kappa shape index (κ3) is 3.58. The van der Waals surface area contributed by atoms with E-state index in [4.69, 9.17) is 27.9 Å². The van der Waals surface area contributed by atoms with Crippen molar-refractivity contribution in [3.05, 3.63) is 86.5 Å². The van der Waals surface area contributed by atoms with Crippen molar-refractivity contribution in [2.45, 2.75) is 6.92 Å². The minimum atomic E-state index is -0.410. The highest BCUT2D eigenvalue weighted by molar-refractivity contribution is 6.39. The van der Waals surface area contributed by atoms with Gasteiger partial charge in [-0.25, -0.2) is 0 Å². The molecule has 5 nitrogen and oxygen atoms in total. The molecule has 0 saturated carbocycles. The van der Waals surface area contributed by atoms with Crippen molar-refractivity contribution >= 4 is 39.8 Å². The Kier molecular flexibility index (Phi) is 5.33. The number of rotatable bonds is 4. The molecule has 3 aromatic carbocycles. The molecule has 0 spiro atoms. The van der Waals surface area contributed by atoms with E-state index in [1.807, 2.05) is 31.2 Å². The maximum Gasteiger partial charge on any atom is 0.269 e. The van der Waals surface area contributed by atoms with Gasteiger partial charge in [0, 0.05) is 34.8 Å². The number of nitro groups is 1. The Morgan fingerprint density at radius 2 is 1.50 bits per heavy atom. The van der Waals surface area contributed by atoms with Crippen LogP contribution in [0, 0.1) is 17.0 Å². The topological polar surface area (TPSA) is 65.3 Å². The number of aromatic nitrogens is 1. The second kappa shape index (κ2) is 7.94. The summed E-state index contributed by atoms with van der Waals surface area (Å²) < 4.78 is 5.27. The molecule has 0 unspecified atom stereocenters. The number of hydrogen-bond acceptors (Lipinski definition) is 4. The van der Waals surface area contributed by atoms with Gasteiger partial charge in [-0.05, 0) is 41.8 Å². The van der Waals surface area contributed by atoms with Crippen molar-refractivity contribution in [2.75, 3.05) is 7.11 Å². The molecule has 30 heavy (non-hydrogen) atoms. The van der Waals surface area contributed by atoms with E-state index in [0.29, 0.717) is 21.3 Å². The smallest absolute Gasteiger partial charge is 0.269 e. The first-order valence-electron chi connectivity index (χ1n) is 9.07. The lowest BCUT2D eigenvalue weighted by atomic mass is 9.98. The highest BCUT2D eigenvalue weighted by Crippen LogP contribution is 2.39. The predicted octanol–water partition coefficient (Wildman–Crippen LogP) is 7.10. The van der Waals surface area contributed by atoms with Crippen LogP contribution >= 0.6 is 23.2 Å². The highest BCUT2D eigenvalue weighted by Gasteiger charge is 2.16. The summed E-state index contributed by atoms with van der Waals surface area (Å²) in [6, 6.07) is 17.8. The first-order valence-corrected chi connectivity index (χ1v) is 9.83. The predicted molar refractivity (Wildman–Crippen MR) is 121 cm³/mol. The average Bonchev–Trinajstić information content (AvgIpc) is 2.74. The maximum absolute atomic E-state index is 10.8. The van der Waals surface area contributed by atoms with Gasteiger partial charge < -0.3 is 4.74 Å². The van der Waals surface area contributed by atoms with Gasteiger partial charge in [-0.3, -0.25) is 15.1 Å². The van der Waals surface area contributed by atoms with Crippen molar-refractivity contribution in [3.8, 4) is 28.0 Å². The first-order chi connectivity index (χ1) is 14.4. The molecule has 0 aliphatic rings. The number of ether oxygens (including phenoxy) is 1. The van der Waals surface area contributed by atoms with E-state index in [1.54, 1.807) is 31.4 Å². The van der Waals surface area contributed by atoms with Crippen LogP contribution in [0.2, 0.25) is 10.0 Å². The molecule has 0 N–H and O–H groups in total. The third-order valence-electron chi connectivity index (χ3n) is 4.96.